The highest BCUT2D eigenvalue weighted by Gasteiger charge is 2.21. The number of amides is 1. The van der Waals surface area contributed by atoms with Crippen molar-refractivity contribution in [3.8, 4) is 5.75 Å². The third kappa shape index (κ3) is 6.28. The first-order valence-electron chi connectivity index (χ1n) is 12.3. The molecule has 6 nitrogen and oxygen atoms in total. The van der Waals surface area contributed by atoms with Gasteiger partial charge in [0.15, 0.2) is 5.13 Å². The minimum absolute atomic E-state index is 0.108. The van der Waals surface area contributed by atoms with E-state index in [0.717, 1.165) is 44.7 Å². The van der Waals surface area contributed by atoms with E-state index in [0.29, 0.717) is 25.4 Å². The van der Waals surface area contributed by atoms with Crippen LogP contribution in [0.4, 0.5) is 5.13 Å². The zero-order valence-electron chi connectivity index (χ0n) is 21.7. The van der Waals surface area contributed by atoms with E-state index >= 15 is 0 Å². The van der Waals surface area contributed by atoms with Crippen molar-refractivity contribution in [3.05, 3.63) is 65.5 Å². The molecule has 0 unspecified atom stereocenters. The van der Waals surface area contributed by atoms with E-state index in [1.165, 1.54) is 10.5 Å². The van der Waals surface area contributed by atoms with Gasteiger partial charge >= 0.3 is 0 Å². The Morgan fingerprint density at radius 1 is 1.17 bits per heavy atom. The lowest BCUT2D eigenvalue weighted by molar-refractivity contribution is -0.118. The fourth-order valence-electron chi connectivity index (χ4n) is 4.18. The highest BCUT2D eigenvalue weighted by Crippen LogP contribution is 2.34. The third-order valence-corrected chi connectivity index (χ3v) is 8.24. The summed E-state index contributed by atoms with van der Waals surface area (Å²) in [6, 6.07) is 16.4. The molecule has 0 aliphatic heterocycles. The molecule has 0 aliphatic rings. The van der Waals surface area contributed by atoms with Gasteiger partial charge in [-0.3, -0.25) is 14.4 Å². The van der Waals surface area contributed by atoms with Crippen LogP contribution < -0.4 is 9.64 Å². The maximum atomic E-state index is 13.5. The van der Waals surface area contributed by atoms with Crippen molar-refractivity contribution in [2.75, 3.05) is 24.3 Å². The number of ether oxygens (including phenoxy) is 1. The Labute approximate surface area is 221 Å². The summed E-state index contributed by atoms with van der Waals surface area (Å²) in [6.07, 6.45) is 1.28. The van der Waals surface area contributed by atoms with Gasteiger partial charge < -0.3 is 4.74 Å². The van der Waals surface area contributed by atoms with Gasteiger partial charge in [0.25, 0.3) is 0 Å². The molecule has 0 radical (unpaired) electrons. The zero-order valence-corrected chi connectivity index (χ0v) is 23.3. The number of hydrogen-bond donors (Lipinski definition) is 0. The van der Waals surface area contributed by atoms with Crippen LogP contribution in [0.25, 0.3) is 10.2 Å². The van der Waals surface area contributed by atoms with Gasteiger partial charge in [0.2, 0.25) is 5.91 Å². The maximum absolute atomic E-state index is 13.5. The molecule has 1 amide bonds. The summed E-state index contributed by atoms with van der Waals surface area (Å²) in [5.41, 5.74) is 4.31. The van der Waals surface area contributed by atoms with Crippen molar-refractivity contribution in [3.63, 3.8) is 0 Å². The molecule has 0 N–H and O–H groups in total. The van der Waals surface area contributed by atoms with Crippen LogP contribution in [-0.2, 0) is 11.3 Å². The number of fused-ring (bicyclic) bond motifs is 1. The second-order valence-electron chi connectivity index (χ2n) is 9.17. The molecular formula is C28H34N4O2S2. The number of anilines is 1. The number of para-hydroxylation sites is 1. The molecule has 0 atom stereocenters. The van der Waals surface area contributed by atoms with Crippen molar-refractivity contribution in [2.45, 2.75) is 57.9 Å². The first-order valence-corrected chi connectivity index (χ1v) is 14.1. The van der Waals surface area contributed by atoms with Crippen molar-refractivity contribution in [1.82, 2.24) is 14.8 Å². The summed E-state index contributed by atoms with van der Waals surface area (Å²) in [4.78, 5) is 21.5. The monoisotopic (exact) mass is 522 g/mol. The summed E-state index contributed by atoms with van der Waals surface area (Å²) < 4.78 is 8.32. The van der Waals surface area contributed by atoms with Crippen molar-refractivity contribution < 1.29 is 9.53 Å². The smallest absolute Gasteiger partial charge is 0.228 e. The molecule has 0 bridgehead atoms. The average Bonchev–Trinajstić information content (AvgIpc) is 3.44. The highest BCUT2D eigenvalue weighted by atomic mass is 32.2. The summed E-state index contributed by atoms with van der Waals surface area (Å²) in [6.45, 7) is 9.59. The predicted molar refractivity (Wildman–Crippen MR) is 151 cm³/mol. The Balaban J connectivity index is 1.48. The molecule has 4 rings (SSSR count). The topological polar surface area (TPSA) is 60.2 Å². The SMILES string of the molecule is COc1ccc(SCCCC(=O)N(CCn2nc(C)cc2C)c2nc3c(C(C)C)cccc3s2)cc1. The number of thiazole rings is 1. The van der Waals surface area contributed by atoms with Crippen molar-refractivity contribution >= 4 is 44.4 Å². The summed E-state index contributed by atoms with van der Waals surface area (Å²) in [5, 5.41) is 5.36. The first kappa shape index (κ1) is 26.2. The normalized spacial score (nSPS) is 11.4. The Morgan fingerprint density at radius 3 is 2.61 bits per heavy atom. The van der Waals surface area contributed by atoms with Gasteiger partial charge in [-0.1, -0.05) is 37.3 Å². The van der Waals surface area contributed by atoms with E-state index in [1.807, 2.05) is 28.6 Å². The van der Waals surface area contributed by atoms with Gasteiger partial charge in [-0.25, -0.2) is 4.98 Å². The van der Waals surface area contributed by atoms with Crippen LogP contribution in [0, 0.1) is 13.8 Å². The number of aromatic nitrogens is 3. The van der Waals surface area contributed by atoms with E-state index in [2.05, 4.69) is 62.3 Å². The van der Waals surface area contributed by atoms with Gasteiger partial charge in [-0.15, -0.1) is 11.8 Å². The second-order valence-corrected chi connectivity index (χ2v) is 11.3. The Bertz CT molecular complexity index is 1310. The standard InChI is InChI=1S/C28H34N4O2S2/c1-19(2)24-8-6-9-25-27(24)29-28(36-25)31(15-16-32-21(4)18-20(3)30-32)26(33)10-7-17-35-23-13-11-22(34-5)12-14-23/h6,8-9,11-14,18-19H,7,10,15-17H2,1-5H3. The summed E-state index contributed by atoms with van der Waals surface area (Å²) in [5.74, 6) is 2.21. The summed E-state index contributed by atoms with van der Waals surface area (Å²) in [7, 11) is 1.67. The fourth-order valence-corrected chi connectivity index (χ4v) is 6.08. The minimum atomic E-state index is 0.108. The number of methoxy groups -OCH3 is 1. The number of thioether (sulfide) groups is 1. The Hall–Kier alpha value is -2.84. The fraction of sp³-hybridized carbons (Fsp3) is 0.393. The molecule has 190 valence electrons. The van der Waals surface area contributed by atoms with E-state index in [1.54, 1.807) is 30.2 Å². The Morgan fingerprint density at radius 2 is 1.94 bits per heavy atom. The van der Waals surface area contributed by atoms with Crippen LogP contribution in [0.15, 0.2) is 53.4 Å². The quantitative estimate of drug-likeness (QED) is 0.159. The van der Waals surface area contributed by atoms with Crippen LogP contribution in [0.1, 0.15) is 49.6 Å². The maximum Gasteiger partial charge on any atom is 0.228 e. The first-order chi connectivity index (χ1) is 17.4. The molecule has 8 heteroatoms. The van der Waals surface area contributed by atoms with Crippen LogP contribution in [0.2, 0.25) is 0 Å². The lowest BCUT2D eigenvalue weighted by atomic mass is 10.0. The lowest BCUT2D eigenvalue weighted by Gasteiger charge is -2.20. The highest BCUT2D eigenvalue weighted by molar-refractivity contribution is 7.99. The molecule has 36 heavy (non-hydrogen) atoms. The molecule has 4 aromatic rings. The van der Waals surface area contributed by atoms with E-state index < -0.39 is 0 Å². The number of rotatable bonds is 11. The summed E-state index contributed by atoms with van der Waals surface area (Å²) >= 11 is 3.36. The van der Waals surface area contributed by atoms with Gasteiger partial charge in [0.05, 0.1) is 29.6 Å². The van der Waals surface area contributed by atoms with Gasteiger partial charge in [0.1, 0.15) is 5.75 Å². The van der Waals surface area contributed by atoms with Gasteiger partial charge in [-0.2, -0.15) is 5.10 Å². The predicted octanol–water partition coefficient (Wildman–Crippen LogP) is 6.85. The van der Waals surface area contributed by atoms with E-state index in [4.69, 9.17) is 9.72 Å². The molecule has 0 fully saturated rings. The third-order valence-electron chi connectivity index (χ3n) is 6.09. The lowest BCUT2D eigenvalue weighted by Crippen LogP contribution is -2.34. The molecule has 2 aromatic heterocycles. The molecule has 0 saturated carbocycles. The van der Waals surface area contributed by atoms with E-state index in [-0.39, 0.29) is 5.91 Å². The van der Waals surface area contributed by atoms with Crippen molar-refractivity contribution in [2.24, 2.45) is 0 Å². The van der Waals surface area contributed by atoms with Gasteiger partial charge in [0, 0.05) is 23.6 Å². The number of carbonyl (C=O) groups excluding carboxylic acids is 1. The second kappa shape index (κ2) is 11.9. The van der Waals surface area contributed by atoms with Crippen LogP contribution in [-0.4, -0.2) is 40.1 Å². The Kier molecular flexibility index (Phi) is 8.69. The number of nitrogens with zero attached hydrogens (tertiary/aromatic N) is 4. The van der Waals surface area contributed by atoms with Crippen LogP contribution in [0.3, 0.4) is 0 Å². The molecular weight excluding hydrogens is 488 g/mol. The number of hydrogen-bond acceptors (Lipinski definition) is 6. The number of aryl methyl sites for hydroxylation is 2. The average molecular weight is 523 g/mol. The molecule has 0 aliphatic carbocycles. The molecule has 2 heterocycles. The molecule has 0 spiro atoms. The van der Waals surface area contributed by atoms with Crippen molar-refractivity contribution in [1.29, 1.82) is 0 Å². The van der Waals surface area contributed by atoms with Gasteiger partial charge in [-0.05, 0) is 73.9 Å². The molecule has 2 aromatic carbocycles. The minimum Gasteiger partial charge on any atom is -0.497 e. The largest absolute Gasteiger partial charge is 0.497 e. The molecule has 0 saturated heterocycles. The zero-order chi connectivity index (χ0) is 25.7. The van der Waals surface area contributed by atoms with Crippen LogP contribution >= 0.6 is 23.1 Å². The number of carbonyl (C=O) groups is 1. The van der Waals surface area contributed by atoms with E-state index in [9.17, 15) is 4.79 Å². The number of benzene rings is 2. The van der Waals surface area contributed by atoms with Crippen LogP contribution in [0.5, 0.6) is 5.75 Å².